The van der Waals surface area contributed by atoms with E-state index >= 15 is 0 Å². The molecule has 0 heterocycles. The van der Waals surface area contributed by atoms with Crippen LogP contribution >= 0.6 is 0 Å². The average Bonchev–Trinajstić information content (AvgIpc) is 2.45. The minimum atomic E-state index is -1.02. The molecule has 1 atom stereocenters. The quantitative estimate of drug-likeness (QED) is 0.888. The van der Waals surface area contributed by atoms with E-state index in [9.17, 15) is 9.50 Å². The molecule has 0 radical (unpaired) electrons. The largest absolute Gasteiger partial charge is 0.493 e. The molecule has 0 aliphatic heterocycles. The number of rotatable bonds is 5. The van der Waals surface area contributed by atoms with Gasteiger partial charge in [-0.1, -0.05) is 43.3 Å². The van der Waals surface area contributed by atoms with Crippen molar-refractivity contribution in [2.24, 2.45) is 0 Å². The summed E-state index contributed by atoms with van der Waals surface area (Å²) in [6.45, 7) is 2.58. The molecule has 0 fully saturated rings. The van der Waals surface area contributed by atoms with Gasteiger partial charge in [0.2, 0.25) is 0 Å². The molecule has 2 aromatic carbocycles. The molecule has 0 bridgehead atoms. The Bertz CT molecular complexity index is 540. The van der Waals surface area contributed by atoms with Gasteiger partial charge in [-0.3, -0.25) is 0 Å². The first-order valence-corrected chi connectivity index (χ1v) is 6.38. The second kappa shape index (κ2) is 6.34. The number of benzene rings is 2. The lowest BCUT2D eigenvalue weighted by molar-refractivity contribution is 0.206. The second-order valence-corrected chi connectivity index (χ2v) is 4.31. The fraction of sp³-hybridized carbons (Fsp3) is 0.250. The predicted octanol–water partition coefficient (Wildman–Crippen LogP) is 3.70. The smallest absolute Gasteiger partial charge is 0.129 e. The van der Waals surface area contributed by atoms with Crippen molar-refractivity contribution in [2.45, 2.75) is 19.4 Å². The molecular formula is C16H17FO2. The molecule has 0 aliphatic rings. The summed E-state index contributed by atoms with van der Waals surface area (Å²) in [7, 11) is 0. The van der Waals surface area contributed by atoms with Crippen LogP contribution in [-0.4, -0.2) is 11.7 Å². The van der Waals surface area contributed by atoms with E-state index in [0.717, 1.165) is 6.42 Å². The summed E-state index contributed by atoms with van der Waals surface area (Å²) >= 11 is 0. The summed E-state index contributed by atoms with van der Waals surface area (Å²) in [6.07, 6.45) is -0.140. The molecule has 2 nitrogen and oxygen atoms in total. The molecule has 2 aromatic rings. The molecule has 1 N–H and O–H groups in total. The lowest BCUT2D eigenvalue weighted by Crippen LogP contribution is -2.06. The van der Waals surface area contributed by atoms with Gasteiger partial charge in [-0.05, 0) is 18.6 Å². The maximum atomic E-state index is 13.7. The van der Waals surface area contributed by atoms with Crippen LogP contribution in [0.2, 0.25) is 0 Å². The van der Waals surface area contributed by atoms with Crippen molar-refractivity contribution in [2.75, 3.05) is 6.61 Å². The van der Waals surface area contributed by atoms with Gasteiger partial charge in [0.1, 0.15) is 17.7 Å². The van der Waals surface area contributed by atoms with Gasteiger partial charge >= 0.3 is 0 Å². The van der Waals surface area contributed by atoms with Crippen molar-refractivity contribution in [3.63, 3.8) is 0 Å². The predicted molar refractivity (Wildman–Crippen MR) is 72.7 cm³/mol. The van der Waals surface area contributed by atoms with Crippen molar-refractivity contribution in [3.8, 4) is 5.75 Å². The van der Waals surface area contributed by atoms with Gasteiger partial charge in [0, 0.05) is 11.1 Å². The zero-order valence-corrected chi connectivity index (χ0v) is 10.8. The molecule has 3 heteroatoms. The van der Waals surface area contributed by atoms with Gasteiger partial charge in [-0.15, -0.1) is 0 Å². The lowest BCUT2D eigenvalue weighted by Gasteiger charge is -2.16. The van der Waals surface area contributed by atoms with Crippen molar-refractivity contribution in [1.82, 2.24) is 0 Å². The standard InChI is InChI=1S/C16H17FO2/c1-2-11-19-15-10-6-4-8-13(15)16(18)12-7-3-5-9-14(12)17/h3-10,16,18H,2,11H2,1H3. The molecule has 19 heavy (non-hydrogen) atoms. The van der Waals surface area contributed by atoms with E-state index in [-0.39, 0.29) is 5.56 Å². The third kappa shape index (κ3) is 3.12. The Hall–Kier alpha value is -1.87. The highest BCUT2D eigenvalue weighted by molar-refractivity contribution is 5.40. The molecule has 0 aromatic heterocycles. The van der Waals surface area contributed by atoms with E-state index in [2.05, 4.69) is 0 Å². The number of aliphatic hydroxyl groups is 1. The topological polar surface area (TPSA) is 29.5 Å². The number of para-hydroxylation sites is 1. The second-order valence-electron chi connectivity index (χ2n) is 4.31. The fourth-order valence-corrected chi connectivity index (χ4v) is 1.91. The number of halogens is 1. The zero-order valence-electron chi connectivity index (χ0n) is 10.8. The van der Waals surface area contributed by atoms with Gasteiger partial charge in [0.05, 0.1) is 6.61 Å². The minimum absolute atomic E-state index is 0.259. The van der Waals surface area contributed by atoms with Crippen LogP contribution in [0.15, 0.2) is 48.5 Å². The summed E-state index contributed by atoms with van der Waals surface area (Å²) in [5.74, 6) is 0.181. The van der Waals surface area contributed by atoms with Gasteiger partial charge in [-0.25, -0.2) is 4.39 Å². The monoisotopic (exact) mass is 260 g/mol. The molecule has 1 unspecified atom stereocenters. The molecule has 100 valence electrons. The van der Waals surface area contributed by atoms with Gasteiger partial charge < -0.3 is 9.84 Å². The van der Waals surface area contributed by atoms with E-state index in [0.29, 0.717) is 17.9 Å². The summed E-state index contributed by atoms with van der Waals surface area (Å²) in [6, 6.07) is 13.4. The van der Waals surface area contributed by atoms with Crippen LogP contribution < -0.4 is 4.74 Å². The van der Waals surface area contributed by atoms with Gasteiger partial charge in [0.15, 0.2) is 0 Å². The number of ether oxygens (including phenoxy) is 1. The highest BCUT2D eigenvalue weighted by Crippen LogP contribution is 2.31. The van der Waals surface area contributed by atoms with E-state index in [1.807, 2.05) is 13.0 Å². The summed E-state index contributed by atoms with van der Waals surface area (Å²) < 4.78 is 19.3. The Labute approximate surface area is 112 Å². The summed E-state index contributed by atoms with van der Waals surface area (Å²) in [4.78, 5) is 0. The van der Waals surface area contributed by atoms with Crippen LogP contribution in [0.4, 0.5) is 4.39 Å². The van der Waals surface area contributed by atoms with E-state index in [4.69, 9.17) is 4.74 Å². The van der Waals surface area contributed by atoms with Crippen molar-refractivity contribution in [3.05, 3.63) is 65.5 Å². The van der Waals surface area contributed by atoms with Gasteiger partial charge in [-0.2, -0.15) is 0 Å². The molecule has 0 saturated carbocycles. The first-order valence-electron chi connectivity index (χ1n) is 6.38. The van der Waals surface area contributed by atoms with Crippen molar-refractivity contribution < 1.29 is 14.2 Å². The normalized spacial score (nSPS) is 12.2. The lowest BCUT2D eigenvalue weighted by atomic mass is 10.0. The Morgan fingerprint density at radius 1 is 1.05 bits per heavy atom. The van der Waals surface area contributed by atoms with Crippen LogP contribution in [-0.2, 0) is 0 Å². The number of hydrogen-bond donors (Lipinski definition) is 1. The van der Waals surface area contributed by atoms with Crippen molar-refractivity contribution in [1.29, 1.82) is 0 Å². The van der Waals surface area contributed by atoms with Crippen molar-refractivity contribution >= 4 is 0 Å². The molecular weight excluding hydrogens is 243 g/mol. The highest BCUT2D eigenvalue weighted by Gasteiger charge is 2.18. The minimum Gasteiger partial charge on any atom is -0.493 e. The molecule has 2 rings (SSSR count). The third-order valence-electron chi connectivity index (χ3n) is 2.88. The highest BCUT2D eigenvalue weighted by atomic mass is 19.1. The van der Waals surface area contributed by atoms with E-state index in [1.54, 1.807) is 36.4 Å². The molecule has 0 spiro atoms. The third-order valence-corrected chi connectivity index (χ3v) is 2.88. The first-order chi connectivity index (χ1) is 9.24. The van der Waals surface area contributed by atoms with Crippen LogP contribution in [0.1, 0.15) is 30.6 Å². The Morgan fingerprint density at radius 2 is 1.68 bits per heavy atom. The SMILES string of the molecule is CCCOc1ccccc1C(O)c1ccccc1F. The maximum Gasteiger partial charge on any atom is 0.129 e. The average molecular weight is 260 g/mol. The van der Waals surface area contributed by atoms with Gasteiger partial charge in [0.25, 0.3) is 0 Å². The Balaban J connectivity index is 2.33. The Morgan fingerprint density at radius 3 is 2.37 bits per heavy atom. The summed E-state index contributed by atoms with van der Waals surface area (Å²) in [5, 5.41) is 10.3. The first kappa shape index (κ1) is 13.6. The summed E-state index contributed by atoms with van der Waals surface area (Å²) in [5.41, 5.74) is 0.844. The fourth-order valence-electron chi connectivity index (χ4n) is 1.91. The molecule has 0 amide bonds. The van der Waals surface area contributed by atoms with Crippen LogP contribution in [0.5, 0.6) is 5.75 Å². The Kier molecular flexibility index (Phi) is 4.53. The maximum absolute atomic E-state index is 13.7. The molecule has 0 saturated heterocycles. The van der Waals surface area contributed by atoms with E-state index < -0.39 is 11.9 Å². The van der Waals surface area contributed by atoms with Crippen LogP contribution in [0, 0.1) is 5.82 Å². The van der Waals surface area contributed by atoms with E-state index in [1.165, 1.54) is 6.07 Å². The van der Waals surface area contributed by atoms with Crippen LogP contribution in [0.3, 0.4) is 0 Å². The van der Waals surface area contributed by atoms with Crippen LogP contribution in [0.25, 0.3) is 0 Å². The number of hydrogen-bond acceptors (Lipinski definition) is 2. The number of aliphatic hydroxyl groups excluding tert-OH is 1. The molecule has 0 aliphatic carbocycles. The zero-order chi connectivity index (χ0) is 13.7.